The summed E-state index contributed by atoms with van der Waals surface area (Å²) in [4.78, 5) is 3.98. The van der Waals surface area contributed by atoms with Crippen molar-refractivity contribution >= 4 is 5.96 Å². The zero-order valence-electron chi connectivity index (χ0n) is 8.20. The number of nitrogens with zero attached hydrogens (tertiary/aromatic N) is 1. The van der Waals surface area contributed by atoms with Crippen LogP contribution >= 0.6 is 0 Å². The molecule has 0 saturated heterocycles. The number of aliphatic imine (C=N–C) groups is 1. The van der Waals surface area contributed by atoms with Gasteiger partial charge in [-0.15, -0.1) is 0 Å². The molecule has 0 bridgehead atoms. The van der Waals surface area contributed by atoms with E-state index in [1.165, 1.54) is 0 Å². The minimum Gasteiger partial charge on any atom is -0.356 e. The number of alkyl halides is 3. The first-order chi connectivity index (χ1) is 6.29. The fraction of sp³-hybridized carbons (Fsp3) is 0.875. The lowest BCUT2D eigenvalue weighted by Crippen LogP contribution is -2.49. The van der Waals surface area contributed by atoms with E-state index in [1.54, 1.807) is 0 Å². The third-order valence-corrected chi connectivity index (χ3v) is 1.86. The Balaban J connectivity index is 2.38. The van der Waals surface area contributed by atoms with Crippen LogP contribution < -0.4 is 10.6 Å². The number of guanidine groups is 1. The molecule has 0 fully saturated rings. The molecule has 14 heavy (non-hydrogen) atoms. The second kappa shape index (κ2) is 3.67. The number of halogens is 3. The molecule has 0 aromatic rings. The third kappa shape index (κ3) is 3.85. The van der Waals surface area contributed by atoms with E-state index >= 15 is 0 Å². The molecule has 0 aliphatic carbocycles. The summed E-state index contributed by atoms with van der Waals surface area (Å²) in [6.45, 7) is 4.14. The van der Waals surface area contributed by atoms with Crippen molar-refractivity contribution in [1.82, 2.24) is 10.6 Å². The van der Waals surface area contributed by atoms with Gasteiger partial charge in [-0.25, -0.2) is 0 Å². The highest BCUT2D eigenvalue weighted by Gasteiger charge is 2.28. The van der Waals surface area contributed by atoms with Crippen molar-refractivity contribution in [2.75, 3.05) is 19.6 Å². The number of hydrogen-bond acceptors (Lipinski definition) is 3. The maximum atomic E-state index is 11.8. The fourth-order valence-electron chi connectivity index (χ4n) is 1.03. The van der Waals surface area contributed by atoms with Gasteiger partial charge in [-0.1, -0.05) is 13.8 Å². The minimum absolute atomic E-state index is 0.0173. The average Bonchev–Trinajstić information content (AvgIpc) is 2.01. The predicted molar refractivity (Wildman–Crippen MR) is 48.1 cm³/mol. The largest absolute Gasteiger partial charge is 0.405 e. The molecule has 3 nitrogen and oxygen atoms in total. The lowest BCUT2D eigenvalue weighted by atomic mass is 9.93. The highest BCUT2D eigenvalue weighted by Crippen LogP contribution is 2.16. The molecule has 0 unspecified atom stereocenters. The van der Waals surface area contributed by atoms with Crippen LogP contribution in [0.1, 0.15) is 13.8 Å². The van der Waals surface area contributed by atoms with Gasteiger partial charge in [0.2, 0.25) is 0 Å². The van der Waals surface area contributed by atoms with Crippen molar-refractivity contribution in [2.45, 2.75) is 20.0 Å². The Hall–Kier alpha value is -0.940. The van der Waals surface area contributed by atoms with E-state index in [4.69, 9.17) is 0 Å². The van der Waals surface area contributed by atoms with Gasteiger partial charge in [-0.2, -0.15) is 13.2 Å². The van der Waals surface area contributed by atoms with Gasteiger partial charge in [-0.3, -0.25) is 4.99 Å². The van der Waals surface area contributed by atoms with Crippen LogP contribution in [0.3, 0.4) is 0 Å². The van der Waals surface area contributed by atoms with Crippen molar-refractivity contribution < 1.29 is 13.2 Å². The molecule has 0 atom stereocenters. The van der Waals surface area contributed by atoms with E-state index in [1.807, 2.05) is 13.8 Å². The molecule has 2 N–H and O–H groups in total. The summed E-state index contributed by atoms with van der Waals surface area (Å²) in [5.74, 6) is 0.238. The molecule has 1 rings (SSSR count). The van der Waals surface area contributed by atoms with Crippen molar-refractivity contribution in [3.63, 3.8) is 0 Å². The fourth-order valence-corrected chi connectivity index (χ4v) is 1.03. The minimum atomic E-state index is -4.20. The summed E-state index contributed by atoms with van der Waals surface area (Å²) < 4.78 is 35.5. The molecule has 0 radical (unpaired) electrons. The van der Waals surface area contributed by atoms with E-state index in [0.29, 0.717) is 13.1 Å². The summed E-state index contributed by atoms with van der Waals surface area (Å²) in [6, 6.07) is 0. The van der Waals surface area contributed by atoms with E-state index < -0.39 is 12.7 Å². The van der Waals surface area contributed by atoms with Crippen LogP contribution in [-0.4, -0.2) is 31.8 Å². The first-order valence-electron chi connectivity index (χ1n) is 4.37. The van der Waals surface area contributed by atoms with Gasteiger partial charge in [-0.05, 0) is 0 Å². The number of rotatable bonds is 1. The third-order valence-electron chi connectivity index (χ3n) is 1.86. The molecule has 0 saturated carbocycles. The standard InChI is InChI=1S/C8H14F3N3/c1-7(2)3-12-6(13-4-7)14-5-8(9,10)11/h3-5H2,1-2H3,(H2,12,13,14). The van der Waals surface area contributed by atoms with Crippen LogP contribution in [0.5, 0.6) is 0 Å². The van der Waals surface area contributed by atoms with Gasteiger partial charge in [0.25, 0.3) is 0 Å². The normalized spacial score (nSPS) is 21.1. The van der Waals surface area contributed by atoms with Crippen LogP contribution in [0.15, 0.2) is 4.99 Å². The smallest absolute Gasteiger partial charge is 0.356 e. The van der Waals surface area contributed by atoms with Crippen molar-refractivity contribution in [1.29, 1.82) is 0 Å². The average molecular weight is 209 g/mol. The van der Waals surface area contributed by atoms with Crippen LogP contribution in [0.25, 0.3) is 0 Å². The second-order valence-corrected chi connectivity index (χ2v) is 4.15. The van der Waals surface area contributed by atoms with Gasteiger partial charge in [0, 0.05) is 18.5 Å². The van der Waals surface area contributed by atoms with E-state index in [2.05, 4.69) is 15.6 Å². The molecule has 1 aliphatic heterocycles. The SMILES string of the molecule is CC1(C)CN=C(NCC(F)(F)F)NC1. The van der Waals surface area contributed by atoms with Crippen LogP contribution in [0, 0.1) is 5.41 Å². The molecular weight excluding hydrogens is 195 g/mol. The number of nitrogens with one attached hydrogen (secondary N) is 2. The molecule has 0 spiro atoms. The maximum absolute atomic E-state index is 11.8. The van der Waals surface area contributed by atoms with Crippen LogP contribution in [-0.2, 0) is 0 Å². The highest BCUT2D eigenvalue weighted by atomic mass is 19.4. The molecular formula is C8H14F3N3. The van der Waals surface area contributed by atoms with E-state index in [9.17, 15) is 13.2 Å². The zero-order chi connectivity index (χ0) is 10.8. The number of hydrogen-bond donors (Lipinski definition) is 2. The van der Waals surface area contributed by atoms with E-state index in [0.717, 1.165) is 0 Å². The van der Waals surface area contributed by atoms with E-state index in [-0.39, 0.29) is 11.4 Å². The van der Waals surface area contributed by atoms with Crippen molar-refractivity contribution in [3.8, 4) is 0 Å². The second-order valence-electron chi connectivity index (χ2n) is 4.15. The Morgan fingerprint density at radius 1 is 1.50 bits per heavy atom. The van der Waals surface area contributed by atoms with Crippen molar-refractivity contribution in [2.24, 2.45) is 10.4 Å². The molecule has 1 heterocycles. The van der Waals surface area contributed by atoms with Gasteiger partial charge in [0.15, 0.2) is 5.96 Å². The summed E-state index contributed by atoms with van der Waals surface area (Å²) >= 11 is 0. The molecule has 1 aliphatic rings. The summed E-state index contributed by atoms with van der Waals surface area (Å²) in [5, 5.41) is 5.03. The maximum Gasteiger partial charge on any atom is 0.405 e. The molecule has 0 aromatic carbocycles. The highest BCUT2D eigenvalue weighted by molar-refractivity contribution is 5.80. The first-order valence-corrected chi connectivity index (χ1v) is 4.37. The Bertz CT molecular complexity index is 232. The molecule has 6 heteroatoms. The topological polar surface area (TPSA) is 36.4 Å². The molecule has 82 valence electrons. The van der Waals surface area contributed by atoms with Gasteiger partial charge in [0.1, 0.15) is 6.54 Å². The molecule has 0 amide bonds. The summed E-state index contributed by atoms with van der Waals surface area (Å²) in [7, 11) is 0. The Labute approximate surface area is 80.8 Å². The monoisotopic (exact) mass is 209 g/mol. The lowest BCUT2D eigenvalue weighted by Gasteiger charge is -2.29. The molecule has 0 aromatic heterocycles. The van der Waals surface area contributed by atoms with Crippen molar-refractivity contribution in [3.05, 3.63) is 0 Å². The first kappa shape index (κ1) is 11.1. The van der Waals surface area contributed by atoms with Crippen LogP contribution in [0.2, 0.25) is 0 Å². The zero-order valence-corrected chi connectivity index (χ0v) is 8.20. The Morgan fingerprint density at radius 2 is 2.14 bits per heavy atom. The van der Waals surface area contributed by atoms with Gasteiger partial charge >= 0.3 is 6.18 Å². The lowest BCUT2D eigenvalue weighted by molar-refractivity contribution is -0.122. The quantitative estimate of drug-likeness (QED) is 0.679. The Morgan fingerprint density at radius 3 is 2.57 bits per heavy atom. The van der Waals surface area contributed by atoms with Gasteiger partial charge in [0.05, 0.1) is 0 Å². The van der Waals surface area contributed by atoms with Gasteiger partial charge < -0.3 is 10.6 Å². The van der Waals surface area contributed by atoms with Crippen LogP contribution in [0.4, 0.5) is 13.2 Å². The summed E-state index contributed by atoms with van der Waals surface area (Å²) in [6.07, 6.45) is -4.20. The predicted octanol–water partition coefficient (Wildman–Crippen LogP) is 1.12. The summed E-state index contributed by atoms with van der Waals surface area (Å²) in [5.41, 5.74) is 0.0173. The Kier molecular flexibility index (Phi) is 2.92.